The maximum atomic E-state index is 12.0. The average Bonchev–Trinajstić information content (AvgIpc) is 3.69. The van der Waals surface area contributed by atoms with Crippen LogP contribution in [0.4, 0.5) is 0 Å². The number of aromatic nitrogens is 3. The molecule has 2 aromatic heterocycles. The Morgan fingerprint density at radius 2 is 1.79 bits per heavy atom. The van der Waals surface area contributed by atoms with E-state index in [4.69, 9.17) is 15.6 Å². The summed E-state index contributed by atoms with van der Waals surface area (Å²) in [6.45, 7) is 0.558. The minimum Gasteiger partial charge on any atom is -0.490 e. The van der Waals surface area contributed by atoms with Gasteiger partial charge >= 0.3 is 0 Å². The van der Waals surface area contributed by atoms with Crippen LogP contribution in [-0.4, -0.2) is 50.2 Å². The average molecular weight is 522 g/mol. The third kappa shape index (κ3) is 4.43. The lowest BCUT2D eigenvalue weighted by molar-refractivity contribution is -0.123. The summed E-state index contributed by atoms with van der Waals surface area (Å²) in [6, 6.07) is 18.3. The molecule has 2 amide bonds. The number of carbonyl (C=O) groups excluding carboxylic acids is 2. The summed E-state index contributed by atoms with van der Waals surface area (Å²) in [5.41, 5.74) is 11.1. The Labute approximate surface area is 226 Å². The fraction of sp³-hybridized carbons (Fsp3) is 0.355. The highest BCUT2D eigenvalue weighted by Gasteiger charge is 2.40. The molecule has 2 N–H and O–H groups in total. The number of fused-ring (bicyclic) bond motifs is 3. The van der Waals surface area contributed by atoms with E-state index in [9.17, 15) is 9.59 Å². The van der Waals surface area contributed by atoms with Crippen LogP contribution >= 0.6 is 0 Å². The largest absolute Gasteiger partial charge is 0.490 e. The Kier molecular flexibility index (Phi) is 5.83. The highest BCUT2D eigenvalue weighted by molar-refractivity contribution is 6.01. The van der Waals surface area contributed by atoms with Gasteiger partial charge in [0.2, 0.25) is 12.3 Å². The van der Waals surface area contributed by atoms with E-state index < -0.39 is 5.91 Å². The van der Waals surface area contributed by atoms with E-state index >= 15 is 0 Å². The summed E-state index contributed by atoms with van der Waals surface area (Å²) in [4.78, 5) is 30.1. The van der Waals surface area contributed by atoms with E-state index in [1.165, 1.54) is 18.4 Å². The minimum atomic E-state index is -0.463. The van der Waals surface area contributed by atoms with Crippen molar-refractivity contribution in [1.29, 1.82) is 0 Å². The Bertz CT molecular complexity index is 1540. The van der Waals surface area contributed by atoms with Crippen molar-refractivity contribution in [2.45, 2.75) is 69.2 Å². The zero-order valence-electron chi connectivity index (χ0n) is 21.7. The molecule has 2 aromatic carbocycles. The van der Waals surface area contributed by atoms with Gasteiger partial charge < -0.3 is 15.4 Å². The molecule has 8 heteroatoms. The summed E-state index contributed by atoms with van der Waals surface area (Å²) < 4.78 is 8.32. The first kappa shape index (κ1) is 23.9. The summed E-state index contributed by atoms with van der Waals surface area (Å²) in [7, 11) is 0. The smallest absolute Gasteiger partial charge is 0.248 e. The Balaban J connectivity index is 1.19. The second-order valence-corrected chi connectivity index (χ2v) is 11.1. The molecule has 4 aromatic rings. The van der Waals surface area contributed by atoms with Crippen molar-refractivity contribution >= 4 is 23.2 Å². The maximum absolute atomic E-state index is 12.0. The van der Waals surface area contributed by atoms with E-state index in [1.807, 2.05) is 58.2 Å². The number of nitrogens with zero attached hydrogens (tertiary/aromatic N) is 4. The molecule has 2 aliphatic heterocycles. The monoisotopic (exact) mass is 521 g/mol. The molecule has 2 saturated heterocycles. The molecule has 39 heavy (non-hydrogen) atoms. The summed E-state index contributed by atoms with van der Waals surface area (Å²) in [5.74, 6) is 0.936. The number of primary amides is 1. The Hall–Kier alpha value is -4.20. The quantitative estimate of drug-likeness (QED) is 0.340. The van der Waals surface area contributed by atoms with Crippen molar-refractivity contribution in [3.8, 4) is 17.0 Å². The van der Waals surface area contributed by atoms with Gasteiger partial charge in [0, 0.05) is 47.6 Å². The predicted octanol–water partition coefficient (Wildman–Crippen LogP) is 4.65. The minimum absolute atomic E-state index is 0.113. The van der Waals surface area contributed by atoms with Gasteiger partial charge in [-0.25, -0.2) is 0 Å². The number of rotatable bonds is 8. The standard InChI is InChI=1S/C31H31N5O3/c32-31(38)21-7-12-29-27(14-21)30(34-36(29)17-28-26(19-3-4-19)2-1-13-33-28)20-5-10-24(11-6-20)39-25-15-22-8-9-23(16-25)35(22)18-37/h1-2,5-7,10-14,18-19,22-23,25H,3-4,8-9,15-17H2,(H2,32,38). The number of benzene rings is 2. The number of nitrogens with two attached hydrogens (primary N) is 1. The second kappa shape index (κ2) is 9.52. The molecule has 0 spiro atoms. The topological polar surface area (TPSA) is 103 Å². The number of carbonyl (C=O) groups is 2. The van der Waals surface area contributed by atoms with Crippen LogP contribution in [0.2, 0.25) is 0 Å². The SMILES string of the molecule is NC(=O)c1ccc2c(c1)c(-c1ccc(OC3CC4CCC(C3)N4C=O)cc1)nn2Cc1ncccc1C1CC1. The van der Waals surface area contributed by atoms with Gasteiger partial charge in [-0.1, -0.05) is 6.07 Å². The van der Waals surface area contributed by atoms with Gasteiger partial charge in [-0.2, -0.15) is 5.10 Å². The second-order valence-electron chi connectivity index (χ2n) is 11.1. The molecule has 1 aliphatic carbocycles. The van der Waals surface area contributed by atoms with Crippen LogP contribution < -0.4 is 10.5 Å². The number of amides is 2. The first-order valence-electron chi connectivity index (χ1n) is 13.8. The van der Waals surface area contributed by atoms with Crippen molar-refractivity contribution in [1.82, 2.24) is 19.7 Å². The zero-order valence-corrected chi connectivity index (χ0v) is 21.7. The third-order valence-electron chi connectivity index (χ3n) is 8.58. The van der Waals surface area contributed by atoms with E-state index in [2.05, 4.69) is 11.1 Å². The van der Waals surface area contributed by atoms with E-state index in [0.717, 1.165) is 65.7 Å². The van der Waals surface area contributed by atoms with Gasteiger partial charge in [-0.15, -0.1) is 0 Å². The number of piperidine rings is 1. The molecule has 198 valence electrons. The van der Waals surface area contributed by atoms with Crippen LogP contribution in [0.5, 0.6) is 5.75 Å². The van der Waals surface area contributed by atoms with Crippen molar-refractivity contribution in [2.75, 3.05) is 0 Å². The van der Waals surface area contributed by atoms with Gasteiger partial charge in [0.25, 0.3) is 0 Å². The maximum Gasteiger partial charge on any atom is 0.248 e. The zero-order chi connectivity index (χ0) is 26.5. The van der Waals surface area contributed by atoms with Crippen molar-refractivity contribution in [3.05, 3.63) is 77.6 Å². The summed E-state index contributed by atoms with van der Waals surface area (Å²) in [6.07, 6.45) is 9.23. The predicted molar refractivity (Wildman–Crippen MR) is 147 cm³/mol. The van der Waals surface area contributed by atoms with Crippen molar-refractivity contribution in [3.63, 3.8) is 0 Å². The lowest BCUT2D eigenvalue weighted by atomic mass is 10.0. The molecule has 2 atom stereocenters. The van der Waals surface area contributed by atoms with E-state index in [0.29, 0.717) is 30.1 Å². The van der Waals surface area contributed by atoms with Gasteiger partial charge in [0.05, 0.1) is 17.8 Å². The van der Waals surface area contributed by atoms with Crippen LogP contribution in [0, 0.1) is 0 Å². The lowest BCUT2D eigenvalue weighted by Crippen LogP contribution is -2.45. The van der Waals surface area contributed by atoms with Crippen molar-refractivity contribution in [2.24, 2.45) is 5.73 Å². The molecule has 4 heterocycles. The van der Waals surface area contributed by atoms with Gasteiger partial charge in [-0.05, 0) is 85.7 Å². The first-order chi connectivity index (χ1) is 19.1. The molecule has 3 fully saturated rings. The third-order valence-corrected chi connectivity index (χ3v) is 8.58. The van der Waals surface area contributed by atoms with Crippen LogP contribution in [-0.2, 0) is 11.3 Å². The fourth-order valence-corrected chi connectivity index (χ4v) is 6.47. The lowest BCUT2D eigenvalue weighted by Gasteiger charge is -2.36. The molecule has 7 rings (SSSR count). The van der Waals surface area contributed by atoms with Crippen LogP contribution in [0.1, 0.15) is 66.1 Å². The molecule has 2 bridgehead atoms. The molecular formula is C31H31N5O3. The molecule has 3 aliphatic rings. The van der Waals surface area contributed by atoms with E-state index in [-0.39, 0.29) is 6.10 Å². The highest BCUT2D eigenvalue weighted by atomic mass is 16.5. The number of pyridine rings is 1. The van der Waals surface area contributed by atoms with Gasteiger partial charge in [-0.3, -0.25) is 19.3 Å². The molecule has 2 unspecified atom stereocenters. The molecular weight excluding hydrogens is 490 g/mol. The number of ether oxygens (including phenoxy) is 1. The summed E-state index contributed by atoms with van der Waals surface area (Å²) >= 11 is 0. The molecule has 1 saturated carbocycles. The van der Waals surface area contributed by atoms with Crippen LogP contribution in [0.15, 0.2) is 60.8 Å². The summed E-state index contributed by atoms with van der Waals surface area (Å²) in [5, 5.41) is 5.89. The first-order valence-corrected chi connectivity index (χ1v) is 13.8. The van der Waals surface area contributed by atoms with Crippen molar-refractivity contribution < 1.29 is 14.3 Å². The molecule has 8 nitrogen and oxygen atoms in total. The Morgan fingerprint density at radius 1 is 1.03 bits per heavy atom. The van der Waals surface area contributed by atoms with E-state index in [1.54, 1.807) is 6.07 Å². The highest BCUT2D eigenvalue weighted by Crippen LogP contribution is 2.41. The fourth-order valence-electron chi connectivity index (χ4n) is 6.47. The number of hydrogen-bond donors (Lipinski definition) is 1. The van der Waals surface area contributed by atoms with Crippen LogP contribution in [0.3, 0.4) is 0 Å². The van der Waals surface area contributed by atoms with Gasteiger partial charge in [0.1, 0.15) is 17.5 Å². The normalized spacial score (nSPS) is 22.3. The van der Waals surface area contributed by atoms with Crippen LogP contribution in [0.25, 0.3) is 22.2 Å². The van der Waals surface area contributed by atoms with Gasteiger partial charge in [0.15, 0.2) is 0 Å². The number of hydrogen-bond acceptors (Lipinski definition) is 5. The molecule has 0 radical (unpaired) electrons. The Morgan fingerprint density at radius 3 is 2.49 bits per heavy atom.